The van der Waals surface area contributed by atoms with Gasteiger partial charge >= 0.3 is 0 Å². The number of unbranched alkanes of at least 4 members (excludes halogenated alkanes) is 1. The van der Waals surface area contributed by atoms with Gasteiger partial charge in [0.2, 0.25) is 0 Å². The van der Waals surface area contributed by atoms with Crippen LogP contribution in [-0.2, 0) is 13.1 Å². The number of amides is 2. The number of rotatable bonds is 7. The lowest BCUT2D eigenvalue weighted by Crippen LogP contribution is -2.35. The van der Waals surface area contributed by atoms with Gasteiger partial charge in [-0.2, -0.15) is 0 Å². The summed E-state index contributed by atoms with van der Waals surface area (Å²) in [6, 6.07) is 8.65. The van der Waals surface area contributed by atoms with Crippen molar-refractivity contribution in [2.75, 3.05) is 6.61 Å². The Labute approximate surface area is 191 Å². The Bertz CT molecular complexity index is 1210. The minimum atomic E-state index is -0.342. The summed E-state index contributed by atoms with van der Waals surface area (Å²) in [4.78, 5) is 40.8. The van der Waals surface area contributed by atoms with E-state index in [1.165, 1.54) is 16.2 Å². The Morgan fingerprint density at radius 2 is 1.66 bits per heavy atom. The zero-order chi connectivity index (χ0) is 23.0. The fraction of sp³-hybridized carbons (Fsp3) is 0.400. The number of pyridine rings is 1. The number of imide groups is 1. The van der Waals surface area contributed by atoms with Gasteiger partial charge in [0.25, 0.3) is 17.4 Å². The largest absolute Gasteiger partial charge is 0.490 e. The van der Waals surface area contributed by atoms with Crippen LogP contribution in [0, 0.1) is 5.41 Å². The summed E-state index contributed by atoms with van der Waals surface area (Å²) in [5.74, 6) is -0.0823. The fourth-order valence-electron chi connectivity index (χ4n) is 3.97. The highest BCUT2D eigenvalue weighted by molar-refractivity contribution is 7.17. The molecule has 4 rings (SSSR count). The highest BCUT2D eigenvalue weighted by atomic mass is 32.1. The Kier molecular flexibility index (Phi) is 5.95. The van der Waals surface area contributed by atoms with Crippen molar-refractivity contribution in [2.45, 2.75) is 53.6 Å². The number of ether oxygens (including phenoxy) is 1. The van der Waals surface area contributed by atoms with E-state index in [1.807, 2.05) is 11.4 Å². The van der Waals surface area contributed by atoms with Crippen LogP contribution in [0.2, 0.25) is 0 Å². The molecule has 7 heteroatoms. The van der Waals surface area contributed by atoms with E-state index in [9.17, 15) is 14.4 Å². The first-order valence-electron chi connectivity index (χ1n) is 10.9. The molecule has 0 unspecified atom stereocenters. The molecule has 3 heterocycles. The SMILES string of the molecule is CCCCOc1c(CN2C(=O)c3ccccc3C2=O)n(CC(C)(C)C)c(=O)c2ccsc12. The van der Waals surface area contributed by atoms with Crippen molar-refractivity contribution >= 4 is 33.2 Å². The van der Waals surface area contributed by atoms with Gasteiger partial charge in [-0.15, -0.1) is 11.3 Å². The predicted molar refractivity (Wildman–Crippen MR) is 127 cm³/mol. The third-order valence-electron chi connectivity index (χ3n) is 5.50. The van der Waals surface area contributed by atoms with Gasteiger partial charge in [-0.05, 0) is 35.4 Å². The van der Waals surface area contributed by atoms with Gasteiger partial charge in [0, 0.05) is 6.54 Å². The Morgan fingerprint density at radius 1 is 1.00 bits per heavy atom. The van der Waals surface area contributed by atoms with Gasteiger partial charge in [0.1, 0.15) is 0 Å². The molecule has 1 aliphatic heterocycles. The van der Waals surface area contributed by atoms with Crippen molar-refractivity contribution in [3.8, 4) is 5.75 Å². The Hall–Kier alpha value is -2.93. The molecule has 168 valence electrons. The van der Waals surface area contributed by atoms with Crippen LogP contribution in [-0.4, -0.2) is 27.9 Å². The maximum Gasteiger partial charge on any atom is 0.261 e. The number of carbonyl (C=O) groups excluding carboxylic acids is 2. The molecule has 0 radical (unpaired) electrons. The van der Waals surface area contributed by atoms with Gasteiger partial charge in [-0.3, -0.25) is 19.3 Å². The van der Waals surface area contributed by atoms with E-state index in [2.05, 4.69) is 27.7 Å². The van der Waals surface area contributed by atoms with Crippen molar-refractivity contribution < 1.29 is 14.3 Å². The fourth-order valence-corrected chi connectivity index (χ4v) is 4.88. The second kappa shape index (κ2) is 8.54. The number of nitrogens with zero attached hydrogens (tertiary/aromatic N) is 2. The monoisotopic (exact) mass is 452 g/mol. The maximum atomic E-state index is 13.5. The van der Waals surface area contributed by atoms with E-state index < -0.39 is 0 Å². The number of aromatic nitrogens is 1. The minimum Gasteiger partial charge on any atom is -0.490 e. The Balaban J connectivity index is 1.87. The molecule has 0 aliphatic carbocycles. The van der Waals surface area contributed by atoms with E-state index in [0.717, 1.165) is 17.5 Å². The van der Waals surface area contributed by atoms with Gasteiger partial charge < -0.3 is 9.30 Å². The number of hydrogen-bond donors (Lipinski definition) is 0. The van der Waals surface area contributed by atoms with E-state index in [0.29, 0.717) is 41.1 Å². The number of fused-ring (bicyclic) bond motifs is 2. The van der Waals surface area contributed by atoms with E-state index >= 15 is 0 Å². The molecule has 0 atom stereocenters. The average molecular weight is 453 g/mol. The number of carbonyl (C=O) groups is 2. The molecule has 6 nitrogen and oxygen atoms in total. The van der Waals surface area contributed by atoms with Crippen LogP contribution < -0.4 is 10.3 Å². The van der Waals surface area contributed by atoms with E-state index in [1.54, 1.807) is 28.8 Å². The molecule has 2 aromatic heterocycles. The quantitative estimate of drug-likeness (QED) is 0.370. The molecule has 0 N–H and O–H groups in total. The molecule has 32 heavy (non-hydrogen) atoms. The average Bonchev–Trinajstić information content (AvgIpc) is 3.32. The highest BCUT2D eigenvalue weighted by Crippen LogP contribution is 2.35. The first kappa shape index (κ1) is 22.3. The first-order chi connectivity index (χ1) is 15.2. The van der Waals surface area contributed by atoms with Gasteiger partial charge in [-0.25, -0.2) is 0 Å². The summed E-state index contributed by atoms with van der Waals surface area (Å²) in [6.45, 7) is 9.20. The third-order valence-corrected chi connectivity index (χ3v) is 6.41. The predicted octanol–water partition coefficient (Wildman–Crippen LogP) is 5.08. The van der Waals surface area contributed by atoms with Gasteiger partial charge in [0.15, 0.2) is 5.75 Å². The number of thiophene rings is 1. The standard InChI is InChI=1S/C25H28N2O4S/c1-5-6-12-31-20-19(14-26-22(28)16-9-7-8-10-17(16)23(26)29)27(15-25(2,3)4)24(30)18-11-13-32-21(18)20/h7-11,13H,5-6,12,14-15H2,1-4H3. The summed E-state index contributed by atoms with van der Waals surface area (Å²) < 4.78 is 8.68. The van der Waals surface area contributed by atoms with Crippen LogP contribution in [0.5, 0.6) is 5.75 Å². The lowest BCUT2D eigenvalue weighted by Gasteiger charge is -2.26. The van der Waals surface area contributed by atoms with Crippen molar-refractivity contribution in [3.63, 3.8) is 0 Å². The molecular formula is C25H28N2O4S. The molecule has 0 saturated heterocycles. The van der Waals surface area contributed by atoms with Crippen LogP contribution in [0.15, 0.2) is 40.5 Å². The van der Waals surface area contributed by atoms with Crippen molar-refractivity contribution in [3.05, 3.63) is 62.9 Å². The highest BCUT2D eigenvalue weighted by Gasteiger charge is 2.37. The molecule has 3 aromatic rings. The zero-order valence-corrected chi connectivity index (χ0v) is 19.8. The van der Waals surface area contributed by atoms with E-state index in [4.69, 9.17) is 4.74 Å². The molecule has 0 bridgehead atoms. The zero-order valence-electron chi connectivity index (χ0n) is 18.9. The number of benzene rings is 1. The molecular weight excluding hydrogens is 424 g/mol. The summed E-state index contributed by atoms with van der Waals surface area (Å²) in [5.41, 5.74) is 1.06. The third kappa shape index (κ3) is 3.97. The Morgan fingerprint density at radius 3 is 2.25 bits per heavy atom. The summed E-state index contributed by atoms with van der Waals surface area (Å²) in [7, 11) is 0. The van der Waals surface area contributed by atoms with E-state index in [-0.39, 0.29) is 29.3 Å². The normalized spacial score (nSPS) is 13.8. The molecule has 1 aromatic carbocycles. The number of hydrogen-bond acceptors (Lipinski definition) is 5. The molecule has 2 amide bonds. The topological polar surface area (TPSA) is 68.6 Å². The molecule has 1 aliphatic rings. The second-order valence-corrected chi connectivity index (χ2v) is 10.3. The van der Waals surface area contributed by atoms with Crippen LogP contribution >= 0.6 is 11.3 Å². The van der Waals surface area contributed by atoms with Crippen molar-refractivity contribution in [1.29, 1.82) is 0 Å². The van der Waals surface area contributed by atoms with Gasteiger partial charge in [0.05, 0.1) is 40.1 Å². The molecule has 0 saturated carbocycles. The lowest BCUT2D eigenvalue weighted by molar-refractivity contribution is 0.0636. The van der Waals surface area contributed by atoms with Crippen LogP contribution in [0.4, 0.5) is 0 Å². The van der Waals surface area contributed by atoms with Crippen LogP contribution in [0.3, 0.4) is 0 Å². The second-order valence-electron chi connectivity index (χ2n) is 9.34. The van der Waals surface area contributed by atoms with Gasteiger partial charge in [-0.1, -0.05) is 46.2 Å². The minimum absolute atomic E-state index is 0.00698. The van der Waals surface area contributed by atoms with Crippen LogP contribution in [0.1, 0.15) is 66.9 Å². The van der Waals surface area contributed by atoms with Crippen molar-refractivity contribution in [2.24, 2.45) is 5.41 Å². The van der Waals surface area contributed by atoms with Crippen molar-refractivity contribution in [1.82, 2.24) is 9.47 Å². The summed E-state index contributed by atoms with van der Waals surface area (Å²) in [6.07, 6.45) is 1.85. The maximum absolute atomic E-state index is 13.5. The molecule has 0 fully saturated rings. The molecule has 0 spiro atoms. The lowest BCUT2D eigenvalue weighted by atomic mass is 9.96. The first-order valence-corrected chi connectivity index (χ1v) is 11.8. The van der Waals surface area contributed by atoms with Crippen LogP contribution in [0.25, 0.3) is 10.1 Å². The summed E-state index contributed by atoms with van der Waals surface area (Å²) in [5, 5.41) is 2.49. The smallest absolute Gasteiger partial charge is 0.261 e. The summed E-state index contributed by atoms with van der Waals surface area (Å²) >= 11 is 1.45.